The summed E-state index contributed by atoms with van der Waals surface area (Å²) in [5.74, 6) is 0.874. The van der Waals surface area contributed by atoms with Crippen LogP contribution in [0.25, 0.3) is 4.85 Å². The molecule has 1 heterocycles. The Morgan fingerprint density at radius 3 is 2.08 bits per heavy atom. The Morgan fingerprint density at radius 1 is 0.946 bits per heavy atom. The van der Waals surface area contributed by atoms with Gasteiger partial charge < -0.3 is 9.58 Å². The Labute approximate surface area is 239 Å². The first-order chi connectivity index (χ1) is 18.2. The van der Waals surface area contributed by atoms with E-state index in [9.17, 15) is 0 Å². The first-order valence-electron chi connectivity index (χ1n) is 13.0. The van der Waals surface area contributed by atoms with Crippen molar-refractivity contribution in [2.45, 2.75) is 89.0 Å². The molecule has 2 saturated carbocycles. The Bertz CT molecular complexity index is 917. The summed E-state index contributed by atoms with van der Waals surface area (Å²) in [6.07, 6.45) is 12.6. The quantitative estimate of drug-likeness (QED) is 0.244. The van der Waals surface area contributed by atoms with E-state index in [4.69, 9.17) is 35.2 Å². The molecule has 3 fully saturated rings. The summed E-state index contributed by atoms with van der Waals surface area (Å²) in [7, 11) is 11.3. The number of benzene rings is 2. The first kappa shape index (κ1) is 30.4. The summed E-state index contributed by atoms with van der Waals surface area (Å²) in [6, 6.07) is 19.6. The third kappa shape index (κ3) is 9.83. The van der Waals surface area contributed by atoms with Crippen LogP contribution in [0.5, 0.6) is 5.75 Å². The first-order valence-corrected chi connectivity index (χ1v) is 17.0. The fraction of sp³-hybridized carbons (Fsp3) is 0.517. The van der Waals surface area contributed by atoms with Crippen LogP contribution in [0, 0.1) is 13.3 Å². The maximum atomic E-state index is 6.72. The van der Waals surface area contributed by atoms with Gasteiger partial charge in [-0.25, -0.2) is 11.5 Å². The van der Waals surface area contributed by atoms with E-state index < -0.39 is 0 Å². The SMILES string of the molecule is COc1ccc(C2N(Cc3ccccc3)O[C]N2C2CCCCC2)cc1.[C-]#[N+]C1CCCCC1.[Cl][Pd][Cl]. The number of hydrogen-bond acceptors (Lipinski definition) is 4. The van der Waals surface area contributed by atoms with Gasteiger partial charge in [-0.1, -0.05) is 68.1 Å². The molecular weight excluding hydrogens is 600 g/mol. The molecule has 5 nitrogen and oxygen atoms in total. The number of hydrogen-bond donors (Lipinski definition) is 0. The van der Waals surface area contributed by atoms with Crippen molar-refractivity contribution in [3.63, 3.8) is 0 Å². The van der Waals surface area contributed by atoms with E-state index in [0.29, 0.717) is 12.1 Å². The van der Waals surface area contributed by atoms with Gasteiger partial charge in [-0.05, 0) is 48.9 Å². The number of hydroxylamine groups is 2. The number of rotatable bonds is 5. The predicted octanol–water partition coefficient (Wildman–Crippen LogP) is 8.39. The average molecular weight is 637 g/mol. The van der Waals surface area contributed by atoms with Gasteiger partial charge in [0, 0.05) is 18.9 Å². The van der Waals surface area contributed by atoms with Gasteiger partial charge in [0.2, 0.25) is 12.8 Å². The van der Waals surface area contributed by atoms with Gasteiger partial charge in [0.1, 0.15) is 11.9 Å². The summed E-state index contributed by atoms with van der Waals surface area (Å²) in [5, 5.41) is 2.03. The van der Waals surface area contributed by atoms with Gasteiger partial charge in [0.25, 0.3) is 0 Å². The molecule has 8 heteroatoms. The standard InChI is InChI=1S/C22H26N2O2.C7H11N.2ClH.Pd/c1-25-21-14-12-19(13-15-21)22-23(20-10-6-3-7-11-20)17-26-24(22)16-18-8-4-2-5-9-18;1-8-7-5-3-2-4-6-7;;;/h2,4-5,8-9,12-15,20,22H,3,6-7,10-11,16H2,1H3;7H,2-6H2;2*1H;/q;;;;+2/p-2. The van der Waals surface area contributed by atoms with E-state index in [1.165, 1.54) is 62.5 Å². The summed E-state index contributed by atoms with van der Waals surface area (Å²) < 4.78 is 5.32. The third-order valence-electron chi connectivity index (χ3n) is 7.12. The zero-order chi connectivity index (χ0) is 26.3. The van der Waals surface area contributed by atoms with Crippen molar-refractivity contribution in [3.05, 3.63) is 83.9 Å². The van der Waals surface area contributed by atoms with Crippen molar-refractivity contribution in [3.8, 4) is 5.75 Å². The Kier molecular flexibility index (Phi) is 14.3. The second kappa shape index (κ2) is 17.4. The second-order valence-electron chi connectivity index (χ2n) is 9.56. The summed E-state index contributed by atoms with van der Waals surface area (Å²) in [5.41, 5.74) is 2.44. The predicted molar refractivity (Wildman–Crippen MR) is 146 cm³/mol. The molecule has 2 aromatic carbocycles. The van der Waals surface area contributed by atoms with Crippen molar-refractivity contribution in [2.75, 3.05) is 7.11 Å². The molecule has 0 amide bonds. The molecule has 2 radical (unpaired) electrons. The van der Waals surface area contributed by atoms with Crippen molar-refractivity contribution in [1.82, 2.24) is 9.96 Å². The molecule has 0 aromatic heterocycles. The topological polar surface area (TPSA) is 29.3 Å². The van der Waals surface area contributed by atoms with Gasteiger partial charge >= 0.3 is 35.0 Å². The third-order valence-corrected chi connectivity index (χ3v) is 7.12. The molecule has 1 saturated heterocycles. The minimum atomic E-state index is -0.106. The van der Waals surface area contributed by atoms with Crippen LogP contribution in [-0.2, 0) is 27.3 Å². The van der Waals surface area contributed by atoms with Crippen LogP contribution in [0.15, 0.2) is 54.6 Å². The van der Waals surface area contributed by atoms with Gasteiger partial charge in [-0.15, -0.1) is 0 Å². The van der Waals surface area contributed by atoms with Crippen LogP contribution < -0.4 is 4.74 Å². The fourth-order valence-electron chi connectivity index (χ4n) is 5.17. The summed E-state index contributed by atoms with van der Waals surface area (Å²) in [4.78, 5) is 11.7. The van der Waals surface area contributed by atoms with E-state index in [-0.39, 0.29) is 22.1 Å². The van der Waals surface area contributed by atoms with E-state index >= 15 is 0 Å². The Morgan fingerprint density at radius 2 is 1.54 bits per heavy atom. The van der Waals surface area contributed by atoms with Crippen LogP contribution in [0.4, 0.5) is 0 Å². The molecule has 37 heavy (non-hydrogen) atoms. The zero-order valence-electron chi connectivity index (χ0n) is 21.4. The molecule has 2 aromatic rings. The van der Waals surface area contributed by atoms with Crippen LogP contribution >= 0.6 is 19.1 Å². The van der Waals surface area contributed by atoms with Crippen LogP contribution in [0.3, 0.4) is 0 Å². The molecule has 1 atom stereocenters. The molecule has 2 aliphatic carbocycles. The Balaban J connectivity index is 0.000000290. The van der Waals surface area contributed by atoms with E-state index in [1.54, 1.807) is 7.11 Å². The monoisotopic (exact) mass is 635 g/mol. The Hall–Kier alpha value is -1.15. The molecule has 0 spiro atoms. The number of methoxy groups -OCH3 is 1. The van der Waals surface area contributed by atoms with Crippen LogP contribution in [-0.4, -0.2) is 29.2 Å². The van der Waals surface area contributed by atoms with Gasteiger partial charge in [-0.2, -0.15) is 5.06 Å². The summed E-state index contributed by atoms with van der Waals surface area (Å²) in [6.45, 7) is 10.7. The van der Waals surface area contributed by atoms with Crippen molar-refractivity contribution < 1.29 is 25.5 Å². The van der Waals surface area contributed by atoms with E-state index in [2.05, 4.69) is 52.9 Å². The van der Waals surface area contributed by atoms with Gasteiger partial charge in [-0.3, -0.25) is 4.84 Å². The van der Waals surface area contributed by atoms with Crippen molar-refractivity contribution in [2.24, 2.45) is 0 Å². The zero-order valence-corrected chi connectivity index (χ0v) is 24.5. The summed E-state index contributed by atoms with van der Waals surface area (Å²) >= 11 is -0.106. The maximum absolute atomic E-state index is 6.72. The van der Waals surface area contributed by atoms with Gasteiger partial charge in [0.15, 0.2) is 0 Å². The van der Waals surface area contributed by atoms with Crippen LogP contribution in [0.1, 0.15) is 81.5 Å². The van der Waals surface area contributed by atoms with Crippen molar-refractivity contribution in [1.29, 1.82) is 0 Å². The molecule has 5 rings (SSSR count). The molecule has 204 valence electrons. The van der Waals surface area contributed by atoms with Gasteiger partial charge in [0.05, 0.1) is 13.7 Å². The van der Waals surface area contributed by atoms with Crippen LogP contribution in [0.2, 0.25) is 0 Å². The second-order valence-corrected chi connectivity index (χ2v) is 11.9. The van der Waals surface area contributed by atoms with E-state index in [1.807, 2.05) is 23.3 Å². The minimum absolute atomic E-state index is 0.0456. The number of ether oxygens (including phenoxy) is 1. The molecule has 1 aliphatic heterocycles. The molecule has 3 aliphatic rings. The molecule has 0 bridgehead atoms. The molecule has 1 unspecified atom stereocenters. The van der Waals surface area contributed by atoms with Crippen molar-refractivity contribution >= 4 is 19.1 Å². The fourth-order valence-corrected chi connectivity index (χ4v) is 5.17. The normalized spacial score (nSPS) is 21.3. The van der Waals surface area contributed by atoms with E-state index in [0.717, 1.165) is 25.1 Å². The number of halogens is 2. The average Bonchev–Trinajstić information content (AvgIpc) is 3.38. The number of nitrogens with zero attached hydrogens (tertiary/aromatic N) is 3. The molecule has 0 N–H and O–H groups in total. The molecular formula is C29H37Cl2N3O2Pd.